The summed E-state index contributed by atoms with van der Waals surface area (Å²) in [5.74, 6) is -2.36. The van der Waals surface area contributed by atoms with Gasteiger partial charge in [-0.3, -0.25) is 0 Å². The van der Waals surface area contributed by atoms with Gasteiger partial charge in [-0.25, -0.2) is 13.6 Å². The zero-order valence-corrected chi connectivity index (χ0v) is 8.50. The summed E-state index contributed by atoms with van der Waals surface area (Å²) in [4.78, 5) is 13.0. The first-order valence-corrected chi connectivity index (χ1v) is 4.37. The molecule has 0 fully saturated rings. The Balaban J connectivity index is 2.89. The number of aliphatic imine (C=N–C) groups is 1. The van der Waals surface area contributed by atoms with Gasteiger partial charge in [0.15, 0.2) is 17.4 Å². The Morgan fingerprint density at radius 2 is 1.94 bits per heavy atom. The number of nitrogens with zero attached hydrogens (tertiary/aromatic N) is 1. The monoisotopic (exact) mass is 229 g/mol. The molecule has 0 unspecified atom stereocenters. The Bertz CT molecular complexity index is 394. The number of carbonyl (C=O) groups excluding carboxylic acids is 1. The maximum atomic E-state index is 13.3. The van der Waals surface area contributed by atoms with Crippen LogP contribution in [0.25, 0.3) is 0 Å². The van der Waals surface area contributed by atoms with Crippen LogP contribution in [0.5, 0.6) is 5.75 Å². The van der Waals surface area contributed by atoms with Gasteiger partial charge in [0.2, 0.25) is 6.08 Å². The molecule has 0 aliphatic rings. The van der Waals surface area contributed by atoms with Crippen molar-refractivity contribution >= 4 is 11.8 Å². The van der Waals surface area contributed by atoms with E-state index in [4.69, 9.17) is 4.74 Å². The van der Waals surface area contributed by atoms with Crippen molar-refractivity contribution in [1.29, 1.82) is 0 Å². The lowest BCUT2D eigenvalue weighted by molar-refractivity contribution is 0.141. The topological polar surface area (TPSA) is 47.9 Å². The number of halogens is 2. The lowest BCUT2D eigenvalue weighted by Gasteiger charge is -2.07. The van der Waals surface area contributed by atoms with Gasteiger partial charge in [-0.05, 0) is 0 Å². The average Bonchev–Trinajstić information content (AvgIpc) is 2.23. The second-order valence-corrected chi connectivity index (χ2v) is 2.78. The van der Waals surface area contributed by atoms with Crippen LogP contribution in [0.4, 0.5) is 14.5 Å². The van der Waals surface area contributed by atoms with Gasteiger partial charge in [0.25, 0.3) is 0 Å². The first-order chi connectivity index (χ1) is 7.69. The fourth-order valence-electron chi connectivity index (χ4n) is 1.03. The zero-order chi connectivity index (χ0) is 12.0. The van der Waals surface area contributed by atoms with E-state index in [0.717, 1.165) is 12.1 Å². The van der Waals surface area contributed by atoms with Crippen molar-refractivity contribution < 1.29 is 23.0 Å². The third-order valence-electron chi connectivity index (χ3n) is 1.69. The van der Waals surface area contributed by atoms with Gasteiger partial charge < -0.3 is 9.47 Å². The molecule has 6 heteroatoms. The van der Waals surface area contributed by atoms with E-state index >= 15 is 0 Å². The normalized spacial score (nSPS) is 9.69. The maximum absolute atomic E-state index is 13.3. The van der Waals surface area contributed by atoms with E-state index in [2.05, 4.69) is 9.73 Å². The molecule has 0 aliphatic heterocycles. The van der Waals surface area contributed by atoms with Crippen LogP contribution in [0.3, 0.4) is 0 Å². The smallest absolute Gasteiger partial charge is 0.240 e. The fraction of sp³-hybridized carbons (Fsp3) is 0.300. The molecule has 0 N–H and O–H groups in total. The molecule has 1 aromatic carbocycles. The summed E-state index contributed by atoms with van der Waals surface area (Å²) in [5, 5.41) is 0. The molecule has 0 bridgehead atoms. The van der Waals surface area contributed by atoms with Gasteiger partial charge in [-0.2, -0.15) is 4.99 Å². The molecule has 86 valence electrons. The molecule has 0 radical (unpaired) electrons. The van der Waals surface area contributed by atoms with Crippen LogP contribution in [0.1, 0.15) is 0 Å². The summed E-state index contributed by atoms with van der Waals surface area (Å²) in [6.07, 6.45) is 1.19. The summed E-state index contributed by atoms with van der Waals surface area (Å²) >= 11 is 0. The summed E-state index contributed by atoms with van der Waals surface area (Å²) < 4.78 is 36.0. The standard InChI is InChI=1S/C10H9F2NO3/c1-15-2-3-16-10-8(11)4-7(13-6-14)5-9(10)12/h4-5H,2-3H2,1H3. The van der Waals surface area contributed by atoms with E-state index in [1.165, 1.54) is 13.2 Å². The quantitative estimate of drug-likeness (QED) is 0.440. The lowest BCUT2D eigenvalue weighted by Crippen LogP contribution is -2.06. The van der Waals surface area contributed by atoms with E-state index < -0.39 is 17.4 Å². The summed E-state index contributed by atoms with van der Waals surface area (Å²) in [7, 11) is 1.44. The third kappa shape index (κ3) is 3.12. The van der Waals surface area contributed by atoms with Crippen LogP contribution in [0.2, 0.25) is 0 Å². The highest BCUT2D eigenvalue weighted by Gasteiger charge is 2.12. The molecule has 1 rings (SSSR count). The minimum atomic E-state index is -0.926. The van der Waals surface area contributed by atoms with Crippen LogP contribution >= 0.6 is 0 Å². The molecule has 0 atom stereocenters. The number of ether oxygens (including phenoxy) is 2. The van der Waals surface area contributed by atoms with E-state index in [1.807, 2.05) is 0 Å². The maximum Gasteiger partial charge on any atom is 0.240 e. The second kappa shape index (κ2) is 5.95. The Hall–Kier alpha value is -1.78. The van der Waals surface area contributed by atoms with Crippen LogP contribution in [-0.4, -0.2) is 26.4 Å². The number of hydrogen-bond donors (Lipinski definition) is 0. The largest absolute Gasteiger partial charge is 0.485 e. The van der Waals surface area contributed by atoms with Crippen molar-refractivity contribution in [2.75, 3.05) is 20.3 Å². The molecular formula is C10H9F2NO3. The van der Waals surface area contributed by atoms with Crippen molar-refractivity contribution in [1.82, 2.24) is 0 Å². The molecule has 0 amide bonds. The minimum absolute atomic E-state index is 0.0284. The van der Waals surface area contributed by atoms with Crippen LogP contribution in [0, 0.1) is 11.6 Å². The predicted octanol–water partition coefficient (Wildman–Crippen LogP) is 1.96. The van der Waals surface area contributed by atoms with Gasteiger partial charge in [-0.15, -0.1) is 0 Å². The fourth-order valence-corrected chi connectivity index (χ4v) is 1.03. The average molecular weight is 229 g/mol. The highest BCUT2D eigenvalue weighted by Crippen LogP contribution is 2.26. The molecule has 16 heavy (non-hydrogen) atoms. The van der Waals surface area contributed by atoms with Crippen LogP contribution < -0.4 is 4.74 Å². The lowest BCUT2D eigenvalue weighted by atomic mass is 10.3. The third-order valence-corrected chi connectivity index (χ3v) is 1.69. The van der Waals surface area contributed by atoms with Gasteiger partial charge in [-0.1, -0.05) is 0 Å². The van der Waals surface area contributed by atoms with Crippen molar-refractivity contribution in [3.8, 4) is 5.75 Å². The van der Waals surface area contributed by atoms with Gasteiger partial charge >= 0.3 is 0 Å². The molecule has 0 aromatic heterocycles. The molecule has 1 aromatic rings. The second-order valence-electron chi connectivity index (χ2n) is 2.78. The highest BCUT2D eigenvalue weighted by molar-refractivity contribution is 5.51. The van der Waals surface area contributed by atoms with Gasteiger partial charge in [0.05, 0.1) is 12.3 Å². The molecule has 0 saturated carbocycles. The number of benzene rings is 1. The van der Waals surface area contributed by atoms with Crippen LogP contribution in [-0.2, 0) is 9.53 Å². The van der Waals surface area contributed by atoms with Crippen molar-refractivity contribution in [2.24, 2.45) is 4.99 Å². The number of hydrogen-bond acceptors (Lipinski definition) is 4. The van der Waals surface area contributed by atoms with Crippen molar-refractivity contribution in [2.45, 2.75) is 0 Å². The molecule has 0 saturated heterocycles. The van der Waals surface area contributed by atoms with Crippen molar-refractivity contribution in [3.05, 3.63) is 23.8 Å². The Kier molecular flexibility index (Phi) is 4.57. The number of rotatable bonds is 5. The van der Waals surface area contributed by atoms with E-state index in [0.29, 0.717) is 0 Å². The number of methoxy groups -OCH3 is 1. The Morgan fingerprint density at radius 3 is 2.44 bits per heavy atom. The molecule has 0 aliphatic carbocycles. The predicted molar refractivity (Wildman–Crippen MR) is 51.5 cm³/mol. The van der Waals surface area contributed by atoms with Crippen LogP contribution in [0.15, 0.2) is 17.1 Å². The highest BCUT2D eigenvalue weighted by atomic mass is 19.1. The minimum Gasteiger partial charge on any atom is -0.485 e. The molecule has 4 nitrogen and oxygen atoms in total. The van der Waals surface area contributed by atoms with E-state index in [1.54, 1.807) is 0 Å². The summed E-state index contributed by atoms with van der Waals surface area (Å²) in [6, 6.07) is 1.77. The first kappa shape index (κ1) is 12.3. The Labute approximate surface area is 90.5 Å². The summed E-state index contributed by atoms with van der Waals surface area (Å²) in [6.45, 7) is 0.244. The number of isocyanates is 1. The Morgan fingerprint density at radius 1 is 1.31 bits per heavy atom. The van der Waals surface area contributed by atoms with E-state index in [9.17, 15) is 13.6 Å². The molecule has 0 heterocycles. The molecule has 0 spiro atoms. The zero-order valence-electron chi connectivity index (χ0n) is 8.50. The first-order valence-electron chi connectivity index (χ1n) is 4.37. The molecular weight excluding hydrogens is 220 g/mol. The SMILES string of the molecule is COCCOc1c(F)cc(N=C=O)cc1F. The van der Waals surface area contributed by atoms with Gasteiger partial charge in [0.1, 0.15) is 6.61 Å². The van der Waals surface area contributed by atoms with E-state index in [-0.39, 0.29) is 18.9 Å². The van der Waals surface area contributed by atoms with Crippen molar-refractivity contribution in [3.63, 3.8) is 0 Å². The van der Waals surface area contributed by atoms with Gasteiger partial charge in [0, 0.05) is 19.2 Å². The summed E-state index contributed by atoms with van der Waals surface area (Å²) in [5.41, 5.74) is -0.149.